The van der Waals surface area contributed by atoms with Crippen LogP contribution in [0.15, 0.2) is 18.3 Å². The minimum atomic E-state index is -0.976. The zero-order valence-electron chi connectivity index (χ0n) is 13.8. The lowest BCUT2D eigenvalue weighted by atomic mass is 9.90. The van der Waals surface area contributed by atoms with Crippen LogP contribution in [0.1, 0.15) is 32.9 Å². The first kappa shape index (κ1) is 17.1. The molecule has 126 valence electrons. The number of hydrogen-bond acceptors (Lipinski definition) is 5. The number of nitrogens with zero attached hydrogens (tertiary/aromatic N) is 2. The maximum absolute atomic E-state index is 12.0. The van der Waals surface area contributed by atoms with Crippen molar-refractivity contribution >= 4 is 12.1 Å². The molecule has 23 heavy (non-hydrogen) atoms. The summed E-state index contributed by atoms with van der Waals surface area (Å²) in [7, 11) is 0. The Morgan fingerprint density at radius 3 is 2.57 bits per heavy atom. The standard InChI is InChI=1S/C16H22N2O5/c1-11-12(6-5-7-17-11)22-16(8-13(19)20)9-18(10-16)14(21)23-15(2,3)4/h5-7H,8-10H2,1-4H3,(H,19,20). The summed E-state index contributed by atoms with van der Waals surface area (Å²) in [6.45, 7) is 7.47. The number of aliphatic carboxylic acids is 1. The average molecular weight is 322 g/mol. The molecule has 0 aliphatic carbocycles. The van der Waals surface area contributed by atoms with E-state index in [1.54, 1.807) is 46.0 Å². The fraction of sp³-hybridized carbons (Fsp3) is 0.562. The number of amides is 1. The number of aryl methyl sites for hydroxylation is 1. The van der Waals surface area contributed by atoms with Gasteiger partial charge in [-0.2, -0.15) is 0 Å². The number of carbonyl (C=O) groups excluding carboxylic acids is 1. The van der Waals surface area contributed by atoms with Crippen LogP contribution >= 0.6 is 0 Å². The Morgan fingerprint density at radius 1 is 1.39 bits per heavy atom. The summed E-state index contributed by atoms with van der Waals surface area (Å²) in [5.41, 5.74) is -0.868. The highest BCUT2D eigenvalue weighted by Crippen LogP contribution is 2.33. The Hall–Kier alpha value is -2.31. The Kier molecular flexibility index (Phi) is 4.49. The van der Waals surface area contributed by atoms with Crippen LogP contribution in [0.4, 0.5) is 4.79 Å². The van der Waals surface area contributed by atoms with Crippen molar-refractivity contribution in [3.63, 3.8) is 0 Å². The SMILES string of the molecule is Cc1ncccc1OC1(CC(=O)O)CN(C(=O)OC(C)(C)C)C1. The van der Waals surface area contributed by atoms with E-state index in [2.05, 4.69) is 4.98 Å². The molecule has 0 bridgehead atoms. The molecular formula is C16H22N2O5. The first-order valence-corrected chi connectivity index (χ1v) is 7.41. The van der Waals surface area contributed by atoms with Gasteiger partial charge < -0.3 is 14.6 Å². The van der Waals surface area contributed by atoms with Crippen molar-refractivity contribution in [1.82, 2.24) is 9.88 Å². The van der Waals surface area contributed by atoms with E-state index in [-0.39, 0.29) is 19.5 Å². The van der Waals surface area contributed by atoms with Gasteiger partial charge in [-0.25, -0.2) is 4.79 Å². The molecule has 0 atom stereocenters. The number of rotatable bonds is 4. The van der Waals surface area contributed by atoms with Crippen molar-refractivity contribution in [2.45, 2.75) is 45.3 Å². The van der Waals surface area contributed by atoms with Crippen LogP contribution in [0.25, 0.3) is 0 Å². The molecule has 1 amide bonds. The quantitative estimate of drug-likeness (QED) is 0.914. The second-order valence-electron chi connectivity index (χ2n) is 6.78. The topological polar surface area (TPSA) is 89.0 Å². The van der Waals surface area contributed by atoms with Crippen molar-refractivity contribution in [2.24, 2.45) is 0 Å². The van der Waals surface area contributed by atoms with E-state index >= 15 is 0 Å². The van der Waals surface area contributed by atoms with Gasteiger partial charge in [0.15, 0.2) is 5.60 Å². The van der Waals surface area contributed by atoms with Gasteiger partial charge in [0.25, 0.3) is 0 Å². The van der Waals surface area contributed by atoms with Gasteiger partial charge in [-0.15, -0.1) is 0 Å². The monoisotopic (exact) mass is 322 g/mol. The van der Waals surface area contributed by atoms with Gasteiger partial charge in [0.1, 0.15) is 11.4 Å². The van der Waals surface area contributed by atoms with Crippen molar-refractivity contribution < 1.29 is 24.2 Å². The Bertz CT molecular complexity index is 603. The molecule has 1 fully saturated rings. The van der Waals surface area contributed by atoms with Gasteiger partial charge in [-0.1, -0.05) is 0 Å². The largest absolute Gasteiger partial charge is 0.481 e. The van der Waals surface area contributed by atoms with Crippen LogP contribution in [-0.2, 0) is 9.53 Å². The second-order valence-corrected chi connectivity index (χ2v) is 6.78. The van der Waals surface area contributed by atoms with E-state index in [1.807, 2.05) is 0 Å². The van der Waals surface area contributed by atoms with E-state index in [9.17, 15) is 9.59 Å². The van der Waals surface area contributed by atoms with E-state index in [1.165, 1.54) is 4.90 Å². The highest BCUT2D eigenvalue weighted by molar-refractivity contribution is 5.72. The summed E-state index contributed by atoms with van der Waals surface area (Å²) in [5.74, 6) is -0.451. The van der Waals surface area contributed by atoms with Crippen LogP contribution in [0.5, 0.6) is 5.75 Å². The maximum atomic E-state index is 12.0. The number of carbonyl (C=O) groups is 2. The predicted molar refractivity (Wildman–Crippen MR) is 82.4 cm³/mol. The summed E-state index contributed by atoms with van der Waals surface area (Å²) >= 11 is 0. The van der Waals surface area contributed by atoms with Gasteiger partial charge in [0.2, 0.25) is 0 Å². The van der Waals surface area contributed by atoms with Crippen LogP contribution < -0.4 is 4.74 Å². The first-order chi connectivity index (χ1) is 10.6. The molecule has 7 heteroatoms. The zero-order valence-corrected chi connectivity index (χ0v) is 13.8. The van der Waals surface area contributed by atoms with Crippen LogP contribution in [0.2, 0.25) is 0 Å². The molecule has 1 aromatic rings. The molecule has 2 rings (SSSR count). The molecule has 7 nitrogen and oxygen atoms in total. The lowest BCUT2D eigenvalue weighted by Gasteiger charge is -2.48. The van der Waals surface area contributed by atoms with Gasteiger partial charge in [-0.3, -0.25) is 14.7 Å². The fourth-order valence-electron chi connectivity index (χ4n) is 2.40. The van der Waals surface area contributed by atoms with Crippen LogP contribution in [0, 0.1) is 6.92 Å². The molecular weight excluding hydrogens is 300 g/mol. The molecule has 1 aliphatic heterocycles. The number of carboxylic acid groups (broad SMARTS) is 1. The normalized spacial score (nSPS) is 16.4. The lowest BCUT2D eigenvalue weighted by molar-refractivity contribution is -0.149. The van der Waals surface area contributed by atoms with Crippen molar-refractivity contribution in [3.8, 4) is 5.75 Å². The zero-order chi connectivity index (χ0) is 17.3. The number of carboxylic acids is 1. The number of aromatic nitrogens is 1. The number of ether oxygens (including phenoxy) is 2. The molecule has 1 aliphatic rings. The molecule has 0 saturated carbocycles. The van der Waals surface area contributed by atoms with Crippen molar-refractivity contribution in [2.75, 3.05) is 13.1 Å². The van der Waals surface area contributed by atoms with E-state index in [0.717, 1.165) is 0 Å². The first-order valence-electron chi connectivity index (χ1n) is 7.41. The summed E-state index contributed by atoms with van der Waals surface area (Å²) in [5, 5.41) is 9.14. The lowest BCUT2D eigenvalue weighted by Crippen LogP contribution is -2.67. The molecule has 0 aromatic carbocycles. The van der Waals surface area contributed by atoms with Crippen LogP contribution in [-0.4, -0.2) is 51.3 Å². The molecule has 2 heterocycles. The smallest absolute Gasteiger partial charge is 0.410 e. The number of likely N-dealkylation sites (tertiary alicyclic amines) is 1. The predicted octanol–water partition coefficient (Wildman–Crippen LogP) is 2.23. The molecule has 1 saturated heterocycles. The summed E-state index contributed by atoms with van der Waals surface area (Å²) < 4.78 is 11.2. The van der Waals surface area contributed by atoms with Gasteiger partial charge in [0.05, 0.1) is 25.2 Å². The molecule has 0 radical (unpaired) electrons. The maximum Gasteiger partial charge on any atom is 0.410 e. The summed E-state index contributed by atoms with van der Waals surface area (Å²) in [6.07, 6.45) is 0.977. The fourth-order valence-corrected chi connectivity index (χ4v) is 2.40. The summed E-state index contributed by atoms with van der Waals surface area (Å²) in [4.78, 5) is 28.8. The average Bonchev–Trinajstić information content (AvgIpc) is 2.35. The molecule has 1 aromatic heterocycles. The van der Waals surface area contributed by atoms with E-state index < -0.39 is 23.3 Å². The van der Waals surface area contributed by atoms with Crippen LogP contribution in [0.3, 0.4) is 0 Å². The van der Waals surface area contributed by atoms with Gasteiger partial charge >= 0.3 is 12.1 Å². The molecule has 1 N–H and O–H groups in total. The Morgan fingerprint density at radius 2 is 2.04 bits per heavy atom. The molecule has 0 unspecified atom stereocenters. The Labute approximate surface area is 135 Å². The third-order valence-corrected chi connectivity index (χ3v) is 3.37. The highest BCUT2D eigenvalue weighted by atomic mass is 16.6. The summed E-state index contributed by atoms with van der Waals surface area (Å²) in [6, 6.07) is 3.46. The number of hydrogen-bond donors (Lipinski definition) is 1. The number of pyridine rings is 1. The van der Waals surface area contributed by atoms with Gasteiger partial charge in [0, 0.05) is 6.20 Å². The highest BCUT2D eigenvalue weighted by Gasteiger charge is 2.50. The Balaban J connectivity index is 2.08. The van der Waals surface area contributed by atoms with Crippen molar-refractivity contribution in [3.05, 3.63) is 24.0 Å². The van der Waals surface area contributed by atoms with Crippen molar-refractivity contribution in [1.29, 1.82) is 0 Å². The second kappa shape index (κ2) is 6.06. The molecule has 0 spiro atoms. The minimum Gasteiger partial charge on any atom is -0.481 e. The van der Waals surface area contributed by atoms with E-state index in [0.29, 0.717) is 11.4 Å². The third kappa shape index (κ3) is 4.34. The third-order valence-electron chi connectivity index (χ3n) is 3.37. The minimum absolute atomic E-state index is 0.169. The van der Waals surface area contributed by atoms with E-state index in [4.69, 9.17) is 14.6 Å². The van der Waals surface area contributed by atoms with Gasteiger partial charge in [-0.05, 0) is 39.8 Å².